The molecule has 0 radical (unpaired) electrons. The zero-order valence-electron chi connectivity index (χ0n) is 15.9. The first-order chi connectivity index (χ1) is 13.9. The summed E-state index contributed by atoms with van der Waals surface area (Å²) in [7, 11) is -3.65. The third-order valence-corrected chi connectivity index (χ3v) is 7.44. The normalized spacial score (nSPS) is 21.6. The van der Waals surface area contributed by atoms with Gasteiger partial charge >= 0.3 is 0 Å². The molecule has 0 saturated carbocycles. The molecule has 1 amide bonds. The maximum absolute atomic E-state index is 13.1. The van der Waals surface area contributed by atoms with E-state index in [2.05, 4.69) is 9.88 Å². The number of nitrogens with zero attached hydrogens (tertiary/aromatic N) is 4. The minimum absolute atomic E-state index is 0.0868. The van der Waals surface area contributed by atoms with Crippen LogP contribution in [0.4, 0.5) is 4.39 Å². The Morgan fingerprint density at radius 3 is 2.41 bits per heavy atom. The molecule has 154 valence electrons. The fourth-order valence-electron chi connectivity index (χ4n) is 3.94. The van der Waals surface area contributed by atoms with Crippen LogP contribution in [-0.2, 0) is 21.4 Å². The van der Waals surface area contributed by atoms with Gasteiger partial charge in [0.25, 0.3) is 0 Å². The first-order valence-corrected chi connectivity index (χ1v) is 11.1. The molecular formula is C20H23FN4O3S. The summed E-state index contributed by atoms with van der Waals surface area (Å²) in [5, 5.41) is 0. The molecule has 1 aromatic carbocycles. The summed E-state index contributed by atoms with van der Waals surface area (Å²) in [6.45, 7) is 2.85. The third-order valence-electron chi connectivity index (χ3n) is 5.53. The first-order valence-electron chi connectivity index (χ1n) is 9.62. The summed E-state index contributed by atoms with van der Waals surface area (Å²) in [6, 6.07) is 8.47. The number of sulfonamides is 1. The number of amides is 1. The van der Waals surface area contributed by atoms with Gasteiger partial charge in [-0.05, 0) is 42.3 Å². The van der Waals surface area contributed by atoms with E-state index in [0.717, 1.165) is 24.1 Å². The van der Waals surface area contributed by atoms with Crippen LogP contribution in [0.25, 0.3) is 0 Å². The van der Waals surface area contributed by atoms with Crippen molar-refractivity contribution in [2.45, 2.75) is 23.9 Å². The van der Waals surface area contributed by atoms with Crippen molar-refractivity contribution in [2.75, 3.05) is 32.7 Å². The Hall–Kier alpha value is -2.36. The lowest BCUT2D eigenvalue weighted by molar-refractivity contribution is -0.133. The van der Waals surface area contributed by atoms with Gasteiger partial charge in [-0.1, -0.05) is 6.07 Å². The monoisotopic (exact) mass is 418 g/mol. The van der Waals surface area contributed by atoms with Crippen molar-refractivity contribution in [3.63, 3.8) is 0 Å². The van der Waals surface area contributed by atoms with Crippen LogP contribution >= 0.6 is 0 Å². The van der Waals surface area contributed by atoms with E-state index in [1.807, 2.05) is 17.0 Å². The molecular weight excluding hydrogens is 395 g/mol. The van der Waals surface area contributed by atoms with Gasteiger partial charge in [-0.25, -0.2) is 12.8 Å². The van der Waals surface area contributed by atoms with Gasteiger partial charge < -0.3 is 4.90 Å². The Balaban J connectivity index is 1.36. The Labute approximate surface area is 169 Å². The molecule has 0 N–H and O–H groups in total. The van der Waals surface area contributed by atoms with Crippen molar-refractivity contribution in [3.8, 4) is 0 Å². The van der Waals surface area contributed by atoms with Crippen molar-refractivity contribution in [3.05, 3.63) is 60.2 Å². The first kappa shape index (κ1) is 19.9. The summed E-state index contributed by atoms with van der Waals surface area (Å²) in [4.78, 5) is 20.9. The van der Waals surface area contributed by atoms with E-state index in [4.69, 9.17) is 0 Å². The Kier molecular flexibility index (Phi) is 5.62. The number of halogens is 1. The number of carbonyl (C=O) groups is 1. The number of benzene rings is 1. The number of pyridine rings is 1. The Morgan fingerprint density at radius 2 is 1.76 bits per heavy atom. The van der Waals surface area contributed by atoms with E-state index in [9.17, 15) is 17.6 Å². The maximum atomic E-state index is 13.1. The van der Waals surface area contributed by atoms with Crippen molar-refractivity contribution in [1.29, 1.82) is 0 Å². The minimum atomic E-state index is -3.65. The largest absolute Gasteiger partial charge is 0.337 e. The molecule has 2 aliphatic rings. The summed E-state index contributed by atoms with van der Waals surface area (Å²) < 4.78 is 40.0. The number of piperazine rings is 1. The van der Waals surface area contributed by atoms with Crippen LogP contribution in [0.2, 0.25) is 0 Å². The molecule has 2 aromatic rings. The van der Waals surface area contributed by atoms with Gasteiger partial charge in [-0.2, -0.15) is 4.31 Å². The highest BCUT2D eigenvalue weighted by molar-refractivity contribution is 7.89. The number of hydrogen-bond donors (Lipinski definition) is 0. The molecule has 1 atom stereocenters. The molecule has 4 rings (SSSR count). The molecule has 2 fully saturated rings. The highest BCUT2D eigenvalue weighted by Gasteiger charge is 2.38. The third kappa shape index (κ3) is 4.17. The van der Waals surface area contributed by atoms with Crippen molar-refractivity contribution in [2.24, 2.45) is 0 Å². The minimum Gasteiger partial charge on any atom is -0.337 e. The second kappa shape index (κ2) is 8.17. The molecule has 29 heavy (non-hydrogen) atoms. The van der Waals surface area contributed by atoms with Gasteiger partial charge in [0.2, 0.25) is 15.9 Å². The number of aromatic nitrogens is 1. The van der Waals surface area contributed by atoms with Crippen LogP contribution in [-0.4, -0.2) is 72.2 Å². The smallest absolute Gasteiger partial charge is 0.243 e. The molecule has 7 nitrogen and oxygen atoms in total. The lowest BCUT2D eigenvalue weighted by Gasteiger charge is -2.36. The molecule has 2 aliphatic heterocycles. The average molecular weight is 418 g/mol. The molecule has 3 heterocycles. The fourth-order valence-corrected chi connectivity index (χ4v) is 5.36. The predicted octanol–water partition coefficient (Wildman–Crippen LogP) is 1.33. The molecule has 1 unspecified atom stereocenters. The lowest BCUT2D eigenvalue weighted by atomic mass is 10.2. The summed E-state index contributed by atoms with van der Waals surface area (Å²) >= 11 is 0. The van der Waals surface area contributed by atoms with Gasteiger partial charge in [0.05, 0.1) is 10.9 Å². The van der Waals surface area contributed by atoms with E-state index in [-0.39, 0.29) is 16.8 Å². The number of carbonyl (C=O) groups excluding carboxylic acids is 1. The Bertz CT molecular complexity index is 961. The van der Waals surface area contributed by atoms with Crippen LogP contribution in [0, 0.1) is 5.82 Å². The van der Waals surface area contributed by atoms with Crippen LogP contribution < -0.4 is 0 Å². The predicted molar refractivity (Wildman–Crippen MR) is 105 cm³/mol. The molecule has 9 heteroatoms. The fraction of sp³-hybridized carbons (Fsp3) is 0.400. The highest BCUT2D eigenvalue weighted by Crippen LogP contribution is 2.23. The second-order valence-electron chi connectivity index (χ2n) is 7.32. The maximum Gasteiger partial charge on any atom is 0.243 e. The number of hydrogen-bond acceptors (Lipinski definition) is 5. The van der Waals surface area contributed by atoms with Gasteiger partial charge in [-0.15, -0.1) is 0 Å². The van der Waals surface area contributed by atoms with Crippen molar-refractivity contribution >= 4 is 15.9 Å². The molecule has 1 aromatic heterocycles. The van der Waals surface area contributed by atoms with Crippen molar-refractivity contribution in [1.82, 2.24) is 19.1 Å². The number of rotatable bonds is 5. The molecule has 0 bridgehead atoms. The summed E-state index contributed by atoms with van der Waals surface area (Å²) in [5.41, 5.74) is 0.997. The molecule has 0 spiro atoms. The lowest BCUT2D eigenvalue weighted by Crippen LogP contribution is -2.53. The topological polar surface area (TPSA) is 73.8 Å². The van der Waals surface area contributed by atoms with E-state index in [1.54, 1.807) is 12.4 Å². The number of likely N-dealkylation sites (tertiary alicyclic amines) is 1. The van der Waals surface area contributed by atoms with Gasteiger partial charge in [0, 0.05) is 51.7 Å². The van der Waals surface area contributed by atoms with E-state index in [1.165, 1.54) is 16.4 Å². The van der Waals surface area contributed by atoms with Gasteiger partial charge in [0.1, 0.15) is 5.82 Å². The van der Waals surface area contributed by atoms with Crippen LogP contribution in [0.3, 0.4) is 0 Å². The van der Waals surface area contributed by atoms with Crippen LogP contribution in [0.1, 0.15) is 12.0 Å². The van der Waals surface area contributed by atoms with Crippen LogP contribution in [0.5, 0.6) is 0 Å². The average Bonchev–Trinajstić information content (AvgIpc) is 3.09. The summed E-state index contributed by atoms with van der Waals surface area (Å²) in [6.07, 6.45) is 4.21. The van der Waals surface area contributed by atoms with Gasteiger partial charge in [-0.3, -0.25) is 14.7 Å². The van der Waals surface area contributed by atoms with E-state index in [0.29, 0.717) is 39.3 Å². The van der Waals surface area contributed by atoms with Gasteiger partial charge in [0.15, 0.2) is 0 Å². The SMILES string of the molecule is O=C1C(N2CCN(S(=O)(=O)c3ccc(F)cc3)CC2)CCN1Cc1cccnc1. The van der Waals surface area contributed by atoms with E-state index >= 15 is 0 Å². The van der Waals surface area contributed by atoms with Crippen molar-refractivity contribution < 1.29 is 17.6 Å². The highest BCUT2D eigenvalue weighted by atomic mass is 32.2. The molecule has 0 aliphatic carbocycles. The zero-order valence-corrected chi connectivity index (χ0v) is 16.8. The Morgan fingerprint density at radius 1 is 1.03 bits per heavy atom. The molecule has 2 saturated heterocycles. The standard InChI is InChI=1S/C20H23FN4O3S/c21-17-3-5-18(6-4-17)29(27,28)25-12-10-23(11-13-25)19-7-9-24(20(19)26)15-16-2-1-8-22-14-16/h1-6,8,14,19H,7,9-13,15H2. The van der Waals surface area contributed by atoms with E-state index < -0.39 is 15.8 Å². The zero-order chi connectivity index (χ0) is 20.4. The quantitative estimate of drug-likeness (QED) is 0.733. The van der Waals surface area contributed by atoms with Crippen LogP contribution in [0.15, 0.2) is 53.7 Å². The second-order valence-corrected chi connectivity index (χ2v) is 9.26. The summed E-state index contributed by atoms with van der Waals surface area (Å²) in [5.74, 6) is -0.381.